The first kappa shape index (κ1) is 23.1. The third-order valence-electron chi connectivity index (χ3n) is 7.06. The van der Waals surface area contributed by atoms with Gasteiger partial charge in [-0.25, -0.2) is 4.39 Å². The summed E-state index contributed by atoms with van der Waals surface area (Å²) in [5.74, 6) is 1.93. The fraction of sp³-hybridized carbons (Fsp3) is 0.556. The smallest absolute Gasteiger partial charge is 0.119 e. The lowest BCUT2D eigenvalue weighted by Gasteiger charge is -2.48. The second-order valence-corrected chi connectivity index (χ2v) is 10.4. The van der Waals surface area contributed by atoms with Crippen LogP contribution in [0.15, 0.2) is 42.5 Å². The van der Waals surface area contributed by atoms with Gasteiger partial charge in [0.1, 0.15) is 23.8 Å². The second kappa shape index (κ2) is 9.03. The number of fused-ring (bicyclic) bond motifs is 1. The van der Waals surface area contributed by atoms with Crippen LogP contribution in [-0.2, 0) is 12.0 Å². The van der Waals surface area contributed by atoms with E-state index in [1.54, 1.807) is 19.9 Å². The van der Waals surface area contributed by atoms with E-state index in [2.05, 4.69) is 35.8 Å². The number of hydrogen-bond donors (Lipinski definition) is 1. The Kier molecular flexibility index (Phi) is 6.51. The Bertz CT molecular complexity index is 924. The van der Waals surface area contributed by atoms with E-state index in [9.17, 15) is 9.50 Å². The first-order chi connectivity index (χ1) is 15.1. The lowest BCUT2D eigenvalue weighted by Crippen LogP contribution is -2.53. The zero-order valence-electron chi connectivity index (χ0n) is 19.9. The van der Waals surface area contributed by atoms with Crippen LogP contribution in [0.4, 0.5) is 4.39 Å². The molecule has 0 aliphatic carbocycles. The highest BCUT2D eigenvalue weighted by molar-refractivity contribution is 5.48. The van der Waals surface area contributed by atoms with Crippen molar-refractivity contribution in [2.45, 2.75) is 51.7 Å². The van der Waals surface area contributed by atoms with Gasteiger partial charge in [0, 0.05) is 26.2 Å². The highest BCUT2D eigenvalue weighted by Gasteiger charge is 2.42. The lowest BCUT2D eigenvalue weighted by molar-refractivity contribution is 0.0540. The summed E-state index contributed by atoms with van der Waals surface area (Å²) in [5.41, 5.74) is 1.58. The van der Waals surface area contributed by atoms with Crippen LogP contribution < -0.4 is 4.74 Å². The minimum atomic E-state index is -1.30. The molecule has 174 valence electrons. The molecular formula is C27H37FN2O2. The van der Waals surface area contributed by atoms with Crippen LogP contribution in [0.2, 0.25) is 0 Å². The number of ether oxygens (including phenoxy) is 1. The molecule has 2 aromatic rings. The first-order valence-electron chi connectivity index (χ1n) is 11.9. The number of halogens is 1. The van der Waals surface area contributed by atoms with Crippen molar-refractivity contribution in [3.8, 4) is 11.5 Å². The monoisotopic (exact) mass is 440 g/mol. The number of alkyl halides is 1. The fourth-order valence-electron chi connectivity index (χ4n) is 5.34. The molecule has 0 aromatic heterocycles. The lowest BCUT2D eigenvalue weighted by atomic mass is 9.76. The molecule has 32 heavy (non-hydrogen) atoms. The Morgan fingerprint density at radius 2 is 1.91 bits per heavy atom. The van der Waals surface area contributed by atoms with Gasteiger partial charge in [-0.1, -0.05) is 25.1 Å². The van der Waals surface area contributed by atoms with E-state index in [1.807, 2.05) is 24.3 Å². The van der Waals surface area contributed by atoms with Crippen LogP contribution in [0.3, 0.4) is 0 Å². The molecule has 2 aliphatic heterocycles. The van der Waals surface area contributed by atoms with E-state index >= 15 is 0 Å². The van der Waals surface area contributed by atoms with Gasteiger partial charge in [-0.05, 0) is 87.0 Å². The topological polar surface area (TPSA) is 35.9 Å². The molecule has 2 atom stereocenters. The molecule has 2 aliphatic rings. The molecular weight excluding hydrogens is 403 g/mol. The molecule has 1 saturated heterocycles. The van der Waals surface area contributed by atoms with Crippen molar-refractivity contribution in [1.29, 1.82) is 0 Å². The largest absolute Gasteiger partial charge is 0.508 e. The molecule has 0 saturated carbocycles. The number of phenolic OH excluding ortho intramolecular Hbond substituents is 1. The number of aromatic hydroxyl groups is 1. The van der Waals surface area contributed by atoms with Crippen LogP contribution in [-0.4, -0.2) is 59.9 Å². The maximum absolute atomic E-state index is 14.7. The molecule has 5 heteroatoms. The first-order valence-corrected chi connectivity index (χ1v) is 11.9. The van der Waals surface area contributed by atoms with Crippen molar-refractivity contribution in [3.63, 3.8) is 0 Å². The Morgan fingerprint density at radius 1 is 1.16 bits per heavy atom. The average molecular weight is 441 g/mol. The second-order valence-electron chi connectivity index (χ2n) is 10.4. The summed E-state index contributed by atoms with van der Waals surface area (Å²) >= 11 is 0. The van der Waals surface area contributed by atoms with Crippen LogP contribution in [0.25, 0.3) is 0 Å². The van der Waals surface area contributed by atoms with E-state index in [1.165, 1.54) is 6.42 Å². The summed E-state index contributed by atoms with van der Waals surface area (Å²) < 4.78 is 20.7. The van der Waals surface area contributed by atoms with Crippen molar-refractivity contribution in [2.24, 2.45) is 5.92 Å². The summed E-state index contributed by atoms with van der Waals surface area (Å²) in [4.78, 5) is 4.70. The highest BCUT2D eigenvalue weighted by atomic mass is 19.1. The standard InChI is InChI=1S/C27H37FN2O2/c1-20-11-13-29(18-20)15-16-32-24-8-5-22(6-9-24)27(4)25-10-7-23(31)17-21(25)12-14-30(27)19-26(2,3)28/h5-10,17,20,31H,11-16,18-19H2,1-4H3/t20-,27-/m1/s1. The number of benzene rings is 2. The van der Waals surface area contributed by atoms with Gasteiger partial charge in [-0.15, -0.1) is 0 Å². The van der Waals surface area contributed by atoms with Gasteiger partial charge < -0.3 is 9.84 Å². The van der Waals surface area contributed by atoms with E-state index in [4.69, 9.17) is 4.74 Å². The molecule has 2 aromatic carbocycles. The molecule has 2 heterocycles. The summed E-state index contributed by atoms with van der Waals surface area (Å²) in [5, 5.41) is 10.00. The molecule has 0 unspecified atom stereocenters. The number of phenols is 1. The SMILES string of the molecule is C[C@@H]1CCN(CCOc2ccc([C@]3(C)c4ccc(O)cc4CCN3CC(C)(C)F)cc2)C1. The van der Waals surface area contributed by atoms with Crippen LogP contribution >= 0.6 is 0 Å². The van der Waals surface area contributed by atoms with Crippen molar-refractivity contribution < 1.29 is 14.2 Å². The number of likely N-dealkylation sites (tertiary alicyclic amines) is 1. The maximum atomic E-state index is 14.7. The van der Waals surface area contributed by atoms with Crippen LogP contribution in [0, 0.1) is 5.92 Å². The van der Waals surface area contributed by atoms with E-state index < -0.39 is 11.2 Å². The zero-order valence-corrected chi connectivity index (χ0v) is 19.9. The molecule has 1 fully saturated rings. The van der Waals surface area contributed by atoms with Crippen LogP contribution in [0.5, 0.6) is 11.5 Å². The van der Waals surface area contributed by atoms with Crippen molar-refractivity contribution in [1.82, 2.24) is 9.80 Å². The quantitative estimate of drug-likeness (QED) is 0.659. The van der Waals surface area contributed by atoms with Crippen molar-refractivity contribution >= 4 is 0 Å². The minimum Gasteiger partial charge on any atom is -0.508 e. The summed E-state index contributed by atoms with van der Waals surface area (Å²) in [7, 11) is 0. The summed E-state index contributed by atoms with van der Waals surface area (Å²) in [6.45, 7) is 12.8. The third-order valence-corrected chi connectivity index (χ3v) is 7.06. The van der Waals surface area contributed by atoms with E-state index in [0.29, 0.717) is 13.2 Å². The number of hydrogen-bond acceptors (Lipinski definition) is 4. The predicted molar refractivity (Wildman–Crippen MR) is 127 cm³/mol. The molecule has 0 spiro atoms. The van der Waals surface area contributed by atoms with Gasteiger partial charge in [-0.2, -0.15) is 0 Å². The molecule has 0 amide bonds. The highest BCUT2D eigenvalue weighted by Crippen LogP contribution is 2.43. The van der Waals surface area contributed by atoms with E-state index in [0.717, 1.165) is 61.0 Å². The van der Waals surface area contributed by atoms with Gasteiger partial charge in [-0.3, -0.25) is 9.80 Å². The van der Waals surface area contributed by atoms with Crippen LogP contribution in [0.1, 0.15) is 50.8 Å². The fourth-order valence-corrected chi connectivity index (χ4v) is 5.34. The van der Waals surface area contributed by atoms with Crippen molar-refractivity contribution in [3.05, 3.63) is 59.2 Å². The van der Waals surface area contributed by atoms with Gasteiger partial charge in [0.05, 0.1) is 5.54 Å². The van der Waals surface area contributed by atoms with Gasteiger partial charge in [0.2, 0.25) is 0 Å². The number of nitrogens with zero attached hydrogens (tertiary/aromatic N) is 2. The van der Waals surface area contributed by atoms with Gasteiger partial charge >= 0.3 is 0 Å². The molecule has 0 radical (unpaired) electrons. The molecule has 4 rings (SSSR count). The zero-order chi connectivity index (χ0) is 22.9. The van der Waals surface area contributed by atoms with Gasteiger partial charge in [0.15, 0.2) is 0 Å². The van der Waals surface area contributed by atoms with Gasteiger partial charge in [0.25, 0.3) is 0 Å². The Morgan fingerprint density at radius 3 is 2.56 bits per heavy atom. The Hall–Kier alpha value is -2.11. The summed E-state index contributed by atoms with van der Waals surface area (Å²) in [6, 6.07) is 13.8. The predicted octanol–water partition coefficient (Wildman–Crippen LogP) is 4.98. The average Bonchev–Trinajstić information content (AvgIpc) is 3.15. The Labute approximate surface area is 192 Å². The summed E-state index contributed by atoms with van der Waals surface area (Å²) in [6.07, 6.45) is 2.07. The van der Waals surface area contributed by atoms with Crippen molar-refractivity contribution in [2.75, 3.05) is 39.3 Å². The minimum absolute atomic E-state index is 0.279. The molecule has 4 nitrogen and oxygen atoms in total. The number of rotatable bonds is 7. The third kappa shape index (κ3) is 4.94. The Balaban J connectivity index is 1.54. The maximum Gasteiger partial charge on any atom is 0.119 e. The molecule has 0 bridgehead atoms. The van der Waals surface area contributed by atoms with E-state index in [-0.39, 0.29) is 5.75 Å². The normalized spacial score (nSPS) is 24.5. The molecule has 1 N–H and O–H groups in total.